The summed E-state index contributed by atoms with van der Waals surface area (Å²) < 4.78 is 11.5. The molecule has 2 atom stereocenters. The molecule has 0 fully saturated rings. The Balaban J connectivity index is 2.14. The van der Waals surface area contributed by atoms with Crippen LogP contribution in [0.25, 0.3) is 0 Å². The molecule has 0 heterocycles. The van der Waals surface area contributed by atoms with Crippen LogP contribution < -0.4 is 5.32 Å². The Morgan fingerprint density at radius 1 is 1.23 bits per heavy atom. The minimum Gasteiger partial charge on any atom is -0.508 e. The second-order valence-corrected chi connectivity index (χ2v) is 8.64. The summed E-state index contributed by atoms with van der Waals surface area (Å²) in [6.45, 7) is 2.02. The zero-order chi connectivity index (χ0) is 22.1. The summed E-state index contributed by atoms with van der Waals surface area (Å²) in [6.07, 6.45) is 1.02. The number of aromatic hydroxyl groups is 1. The Morgan fingerprint density at radius 2 is 1.93 bits per heavy atom. The molecular weight excluding hydrogens is 490 g/mol. The zero-order valence-corrected chi connectivity index (χ0v) is 19.9. The minimum absolute atomic E-state index is 0.00152. The average molecular weight is 514 g/mol. The van der Waals surface area contributed by atoms with Crippen LogP contribution in [-0.2, 0) is 14.3 Å². The second-order valence-electron chi connectivity index (χ2n) is 6.53. The predicted octanol–water partition coefficient (Wildman–Crippen LogP) is 5.67. The van der Waals surface area contributed by atoms with E-state index in [0.29, 0.717) is 17.7 Å². The summed E-state index contributed by atoms with van der Waals surface area (Å²) in [6, 6.07) is 12.3. The van der Waals surface area contributed by atoms with Crippen LogP contribution in [-0.4, -0.2) is 35.8 Å². The van der Waals surface area contributed by atoms with E-state index in [1.807, 2.05) is 25.3 Å². The van der Waals surface area contributed by atoms with Gasteiger partial charge in [-0.2, -0.15) is 12.6 Å². The predicted molar refractivity (Wildman–Crippen MR) is 125 cm³/mol. The highest BCUT2D eigenvalue weighted by Crippen LogP contribution is 2.36. The van der Waals surface area contributed by atoms with Gasteiger partial charge in [-0.1, -0.05) is 22.9 Å². The van der Waals surface area contributed by atoms with Gasteiger partial charge in [0.1, 0.15) is 11.9 Å². The molecule has 30 heavy (non-hydrogen) atoms. The summed E-state index contributed by atoms with van der Waals surface area (Å²) in [7, 11) is 0. The Kier molecular flexibility index (Phi) is 9.87. The van der Waals surface area contributed by atoms with Gasteiger partial charge in [0.05, 0.1) is 12.4 Å². The molecule has 0 aromatic heterocycles. The molecule has 162 valence electrons. The molecule has 2 aromatic carbocycles. The molecule has 0 saturated heterocycles. The summed E-state index contributed by atoms with van der Waals surface area (Å²) in [5.74, 6) is -0.639. The first-order chi connectivity index (χ1) is 14.3. The van der Waals surface area contributed by atoms with Crippen molar-refractivity contribution >= 4 is 58.1 Å². The molecular formula is C21H24BrNO5S2. The first-order valence-corrected chi connectivity index (χ1v) is 11.9. The van der Waals surface area contributed by atoms with Gasteiger partial charge in [-0.25, -0.2) is 4.79 Å². The van der Waals surface area contributed by atoms with Gasteiger partial charge in [-0.15, -0.1) is 11.8 Å². The number of halogens is 1. The van der Waals surface area contributed by atoms with Gasteiger partial charge in [0, 0.05) is 26.5 Å². The number of hydrogen-bond acceptors (Lipinski definition) is 7. The van der Waals surface area contributed by atoms with Crippen molar-refractivity contribution in [2.75, 3.05) is 23.9 Å². The first-order valence-electron chi connectivity index (χ1n) is 9.20. The third kappa shape index (κ3) is 7.45. The molecule has 0 unspecified atom stereocenters. The number of ether oxygens (including phenoxy) is 2. The van der Waals surface area contributed by atoms with Gasteiger partial charge in [0.2, 0.25) is 0 Å². The molecule has 0 spiro atoms. The number of anilines is 1. The van der Waals surface area contributed by atoms with E-state index in [9.17, 15) is 14.7 Å². The number of amides is 1. The number of phenols is 1. The monoisotopic (exact) mass is 513 g/mol. The molecule has 0 aliphatic carbocycles. The molecule has 0 saturated carbocycles. The number of esters is 1. The number of hydrogen-bond donors (Lipinski definition) is 3. The molecule has 1 amide bonds. The number of benzene rings is 2. The van der Waals surface area contributed by atoms with E-state index in [2.05, 4.69) is 33.9 Å². The molecule has 0 aliphatic rings. The van der Waals surface area contributed by atoms with Crippen molar-refractivity contribution in [1.29, 1.82) is 0 Å². The molecule has 0 aliphatic heterocycles. The van der Waals surface area contributed by atoms with Gasteiger partial charge in [-0.05, 0) is 55.1 Å². The van der Waals surface area contributed by atoms with Crippen molar-refractivity contribution < 1.29 is 24.2 Å². The summed E-state index contributed by atoms with van der Waals surface area (Å²) in [5.41, 5.74) is 1.07. The van der Waals surface area contributed by atoms with Gasteiger partial charge in [0.25, 0.3) is 0 Å². The lowest BCUT2D eigenvalue weighted by molar-refractivity contribution is -0.141. The number of phenolic OH excluding ortho intramolecular Hbond substituents is 1. The van der Waals surface area contributed by atoms with E-state index in [4.69, 9.17) is 9.47 Å². The van der Waals surface area contributed by atoms with Crippen molar-refractivity contribution in [3.05, 3.63) is 52.5 Å². The van der Waals surface area contributed by atoms with Gasteiger partial charge >= 0.3 is 12.1 Å². The van der Waals surface area contributed by atoms with E-state index in [1.54, 1.807) is 36.0 Å². The van der Waals surface area contributed by atoms with Crippen LogP contribution in [0.1, 0.15) is 25.0 Å². The normalized spacial score (nSPS) is 12.7. The quantitative estimate of drug-likeness (QED) is 0.227. The standard InChI is InChI=1S/C21H24BrNO5S2/c1-13(9-10-27-19(25)12-29)20(17-11-14(22)3-8-18(17)24)28-21(26)23-15-4-6-16(30-2)7-5-15/h3-8,11,13,20,24,29H,9-10,12H2,1-2H3,(H,23,26)/t13-,20-/m1/s1. The van der Waals surface area contributed by atoms with Gasteiger partial charge in [-0.3, -0.25) is 10.1 Å². The number of thioether (sulfide) groups is 1. The molecule has 2 aromatic rings. The maximum atomic E-state index is 12.6. The number of carbonyl (C=O) groups is 2. The van der Waals surface area contributed by atoms with Crippen molar-refractivity contribution in [1.82, 2.24) is 0 Å². The Labute approximate surface area is 194 Å². The smallest absolute Gasteiger partial charge is 0.412 e. The number of rotatable bonds is 9. The fourth-order valence-electron chi connectivity index (χ4n) is 2.73. The highest BCUT2D eigenvalue weighted by atomic mass is 79.9. The topological polar surface area (TPSA) is 84.9 Å². The van der Waals surface area contributed by atoms with E-state index < -0.39 is 18.2 Å². The SMILES string of the molecule is CSc1ccc(NC(=O)O[C@@H](c2cc(Br)ccc2O)[C@H](C)CCOC(=O)CS)cc1. The zero-order valence-electron chi connectivity index (χ0n) is 16.6. The van der Waals surface area contributed by atoms with Gasteiger partial charge < -0.3 is 14.6 Å². The van der Waals surface area contributed by atoms with Crippen LogP contribution >= 0.6 is 40.3 Å². The van der Waals surface area contributed by atoms with Crippen molar-refractivity contribution in [2.45, 2.75) is 24.3 Å². The number of thiol groups is 1. The lowest BCUT2D eigenvalue weighted by Crippen LogP contribution is -2.23. The Hall–Kier alpha value is -1.84. The van der Waals surface area contributed by atoms with Crippen LogP contribution in [0.4, 0.5) is 10.5 Å². The largest absolute Gasteiger partial charge is 0.508 e. The summed E-state index contributed by atoms with van der Waals surface area (Å²) in [4.78, 5) is 24.9. The summed E-state index contributed by atoms with van der Waals surface area (Å²) in [5, 5.41) is 13.0. The lowest BCUT2D eigenvalue weighted by atomic mass is 9.94. The van der Waals surface area contributed by atoms with Crippen LogP contribution in [0.5, 0.6) is 5.75 Å². The first kappa shape index (κ1) is 24.4. The maximum Gasteiger partial charge on any atom is 0.412 e. The molecule has 9 heteroatoms. The van der Waals surface area contributed by atoms with Crippen molar-refractivity contribution in [3.8, 4) is 5.75 Å². The lowest BCUT2D eigenvalue weighted by Gasteiger charge is -2.25. The van der Waals surface area contributed by atoms with Crippen LogP contribution in [0.2, 0.25) is 0 Å². The van der Waals surface area contributed by atoms with Crippen LogP contribution in [0.15, 0.2) is 51.8 Å². The van der Waals surface area contributed by atoms with Crippen molar-refractivity contribution in [3.63, 3.8) is 0 Å². The third-order valence-electron chi connectivity index (χ3n) is 4.35. The Morgan fingerprint density at radius 3 is 2.57 bits per heavy atom. The van der Waals surface area contributed by atoms with E-state index in [-0.39, 0.29) is 24.0 Å². The van der Waals surface area contributed by atoms with Crippen LogP contribution in [0, 0.1) is 5.92 Å². The van der Waals surface area contributed by atoms with E-state index in [1.165, 1.54) is 6.07 Å². The highest BCUT2D eigenvalue weighted by molar-refractivity contribution is 9.10. The fourth-order valence-corrected chi connectivity index (χ4v) is 3.61. The molecule has 0 bridgehead atoms. The highest BCUT2D eigenvalue weighted by Gasteiger charge is 2.27. The second kappa shape index (κ2) is 12.1. The van der Waals surface area contributed by atoms with Crippen molar-refractivity contribution in [2.24, 2.45) is 5.92 Å². The van der Waals surface area contributed by atoms with E-state index in [0.717, 1.165) is 9.37 Å². The minimum atomic E-state index is -0.748. The average Bonchev–Trinajstić information content (AvgIpc) is 2.74. The molecule has 2 rings (SSSR count). The van der Waals surface area contributed by atoms with E-state index >= 15 is 0 Å². The fraction of sp³-hybridized carbons (Fsp3) is 0.333. The molecule has 0 radical (unpaired) electrons. The molecule has 2 N–H and O–H groups in total. The number of nitrogens with one attached hydrogen (secondary N) is 1. The van der Waals surface area contributed by atoms with Crippen LogP contribution in [0.3, 0.4) is 0 Å². The Bertz CT molecular complexity index is 863. The number of carbonyl (C=O) groups excluding carboxylic acids is 2. The summed E-state index contributed by atoms with van der Waals surface area (Å²) >= 11 is 8.86. The maximum absolute atomic E-state index is 12.6. The molecule has 6 nitrogen and oxygen atoms in total. The van der Waals surface area contributed by atoms with Gasteiger partial charge in [0.15, 0.2) is 0 Å². The third-order valence-corrected chi connectivity index (χ3v) is 5.84.